The van der Waals surface area contributed by atoms with Gasteiger partial charge in [0.2, 0.25) is 0 Å². The minimum absolute atomic E-state index is 0.118. The van der Waals surface area contributed by atoms with Gasteiger partial charge in [0, 0.05) is 0 Å². The van der Waals surface area contributed by atoms with E-state index < -0.39 is 0 Å². The van der Waals surface area contributed by atoms with Crippen molar-refractivity contribution in [2.75, 3.05) is 0 Å². The van der Waals surface area contributed by atoms with Gasteiger partial charge < -0.3 is 5.73 Å². The average molecular weight is 280 g/mol. The maximum atomic E-state index is 9.14. The smallest absolute Gasteiger partial charge is 0.184 e. The Morgan fingerprint density at radius 2 is 2.05 bits per heavy atom. The van der Waals surface area contributed by atoms with E-state index in [2.05, 4.69) is 28.8 Å². The summed E-state index contributed by atoms with van der Waals surface area (Å²) in [5.41, 5.74) is 11.2. The van der Waals surface area contributed by atoms with Crippen molar-refractivity contribution in [3.05, 3.63) is 59.7 Å². The van der Waals surface area contributed by atoms with Crippen LogP contribution in [0.4, 0.5) is 0 Å². The van der Waals surface area contributed by atoms with Crippen LogP contribution in [-0.2, 0) is 0 Å². The highest BCUT2D eigenvalue weighted by Gasteiger charge is 2.03. The van der Waals surface area contributed by atoms with Crippen LogP contribution in [0.2, 0.25) is 0 Å². The Bertz CT molecular complexity index is 701. The molecule has 5 heteroatoms. The Labute approximate surface area is 122 Å². The summed E-state index contributed by atoms with van der Waals surface area (Å²) in [5.74, 6) is 0. The number of hydrazone groups is 1. The number of nitrogens with zero attached hydrogens (tertiary/aromatic N) is 2. The molecule has 0 aliphatic carbocycles. The van der Waals surface area contributed by atoms with Crippen molar-refractivity contribution in [3.8, 4) is 17.2 Å². The van der Waals surface area contributed by atoms with Crippen LogP contribution < -0.4 is 11.2 Å². The van der Waals surface area contributed by atoms with Crippen molar-refractivity contribution in [1.82, 2.24) is 5.43 Å². The third-order valence-electron chi connectivity index (χ3n) is 2.63. The van der Waals surface area contributed by atoms with E-state index in [1.807, 2.05) is 42.5 Å². The highest BCUT2D eigenvalue weighted by molar-refractivity contribution is 7.80. The predicted octanol–water partition coefficient (Wildman–Crippen LogP) is 2.39. The van der Waals surface area contributed by atoms with Crippen molar-refractivity contribution >= 4 is 23.5 Å². The number of hydrogen-bond donors (Lipinski definition) is 2. The van der Waals surface area contributed by atoms with E-state index in [0.29, 0.717) is 5.56 Å². The fraction of sp³-hybridized carbons (Fsp3) is 0. The lowest BCUT2D eigenvalue weighted by Crippen LogP contribution is -2.23. The van der Waals surface area contributed by atoms with Gasteiger partial charge >= 0.3 is 0 Å². The fourth-order valence-corrected chi connectivity index (χ4v) is 1.84. The molecule has 0 amide bonds. The van der Waals surface area contributed by atoms with E-state index >= 15 is 0 Å². The monoisotopic (exact) mass is 280 g/mol. The lowest BCUT2D eigenvalue weighted by molar-refractivity contribution is 1.04. The highest BCUT2D eigenvalue weighted by atomic mass is 32.1. The van der Waals surface area contributed by atoms with Crippen molar-refractivity contribution < 1.29 is 0 Å². The fourth-order valence-electron chi connectivity index (χ4n) is 1.79. The number of nitrogens with one attached hydrogen (secondary N) is 1. The molecule has 2 rings (SSSR count). The maximum absolute atomic E-state index is 9.14. The molecule has 0 unspecified atom stereocenters. The summed E-state index contributed by atoms with van der Waals surface area (Å²) in [4.78, 5) is 0. The number of thiocarbonyl (C=S) groups is 1. The van der Waals surface area contributed by atoms with Gasteiger partial charge in [0.05, 0.1) is 17.8 Å². The van der Waals surface area contributed by atoms with Crippen molar-refractivity contribution in [2.24, 2.45) is 10.8 Å². The Hall–Kier alpha value is -2.71. The molecule has 0 fully saturated rings. The maximum Gasteiger partial charge on any atom is 0.184 e. The number of nitrogens with two attached hydrogens (primary N) is 1. The van der Waals surface area contributed by atoms with Gasteiger partial charge in [0.1, 0.15) is 0 Å². The number of benzene rings is 2. The van der Waals surface area contributed by atoms with Crippen LogP contribution in [0, 0.1) is 11.3 Å². The molecule has 0 aromatic heterocycles. The largest absolute Gasteiger partial charge is 0.375 e. The van der Waals surface area contributed by atoms with E-state index in [1.165, 1.54) is 0 Å². The number of nitriles is 1. The molecular formula is C15H12N4S. The third-order valence-corrected chi connectivity index (χ3v) is 2.72. The Morgan fingerprint density at radius 1 is 1.25 bits per heavy atom. The van der Waals surface area contributed by atoms with Crippen LogP contribution in [-0.4, -0.2) is 11.3 Å². The molecule has 0 radical (unpaired) electrons. The summed E-state index contributed by atoms with van der Waals surface area (Å²) >= 11 is 4.66. The van der Waals surface area contributed by atoms with E-state index in [4.69, 9.17) is 11.0 Å². The quantitative estimate of drug-likeness (QED) is 0.514. The van der Waals surface area contributed by atoms with Crippen molar-refractivity contribution in [2.45, 2.75) is 0 Å². The van der Waals surface area contributed by atoms with Crippen LogP contribution in [0.1, 0.15) is 11.1 Å². The molecule has 4 nitrogen and oxygen atoms in total. The zero-order chi connectivity index (χ0) is 14.4. The normalized spacial score (nSPS) is 10.2. The van der Waals surface area contributed by atoms with Gasteiger partial charge in [-0.3, -0.25) is 5.43 Å². The first-order valence-corrected chi connectivity index (χ1v) is 6.29. The molecule has 20 heavy (non-hydrogen) atoms. The summed E-state index contributed by atoms with van der Waals surface area (Å²) in [6, 6.07) is 17.4. The lowest BCUT2D eigenvalue weighted by Gasteiger charge is -2.05. The topological polar surface area (TPSA) is 74.2 Å². The molecule has 0 spiro atoms. The minimum atomic E-state index is 0.118. The number of hydrogen-bond acceptors (Lipinski definition) is 3. The van der Waals surface area contributed by atoms with Crippen LogP contribution in [0.15, 0.2) is 53.6 Å². The number of rotatable bonds is 3. The first kappa shape index (κ1) is 13.7. The van der Waals surface area contributed by atoms with E-state index in [-0.39, 0.29) is 5.11 Å². The Balaban J connectivity index is 2.33. The first-order chi connectivity index (χ1) is 9.70. The van der Waals surface area contributed by atoms with Gasteiger partial charge in [-0.15, -0.1) is 0 Å². The van der Waals surface area contributed by atoms with E-state index in [1.54, 1.807) is 12.3 Å². The molecule has 0 heterocycles. The lowest BCUT2D eigenvalue weighted by atomic mass is 9.99. The van der Waals surface area contributed by atoms with Gasteiger partial charge in [-0.2, -0.15) is 10.4 Å². The second-order valence-electron chi connectivity index (χ2n) is 4.02. The molecule has 0 aliphatic rings. The van der Waals surface area contributed by atoms with Crippen LogP contribution in [0.3, 0.4) is 0 Å². The molecule has 0 bridgehead atoms. The minimum Gasteiger partial charge on any atom is -0.375 e. The summed E-state index contributed by atoms with van der Waals surface area (Å²) in [7, 11) is 0. The van der Waals surface area contributed by atoms with Crippen LogP contribution in [0.5, 0.6) is 0 Å². The molecular weight excluding hydrogens is 268 g/mol. The Morgan fingerprint density at radius 3 is 2.80 bits per heavy atom. The van der Waals surface area contributed by atoms with Crippen LogP contribution >= 0.6 is 12.2 Å². The first-order valence-electron chi connectivity index (χ1n) is 5.89. The summed E-state index contributed by atoms with van der Waals surface area (Å²) < 4.78 is 0. The molecule has 0 saturated heterocycles. The highest BCUT2D eigenvalue weighted by Crippen LogP contribution is 2.23. The zero-order valence-corrected chi connectivity index (χ0v) is 11.4. The molecule has 0 aliphatic heterocycles. The SMILES string of the molecule is N#Cc1ccccc1-c1cccc(C=NNC(N)=S)c1. The molecule has 3 N–H and O–H groups in total. The van der Waals surface area contributed by atoms with Gasteiger partial charge in [0.15, 0.2) is 5.11 Å². The van der Waals surface area contributed by atoms with Gasteiger partial charge in [-0.05, 0) is 41.0 Å². The van der Waals surface area contributed by atoms with E-state index in [0.717, 1.165) is 16.7 Å². The molecule has 98 valence electrons. The zero-order valence-electron chi connectivity index (χ0n) is 10.6. The second kappa shape index (κ2) is 6.45. The molecule has 0 atom stereocenters. The standard InChI is InChI=1S/C15H12N4S/c16-9-13-5-1-2-7-14(13)12-6-3-4-11(8-12)10-18-19-15(17)20/h1-8,10H,(H3,17,19,20). The summed E-state index contributed by atoms with van der Waals surface area (Å²) in [5, 5.41) is 13.2. The average Bonchev–Trinajstić information content (AvgIpc) is 2.47. The predicted molar refractivity (Wildman–Crippen MR) is 84.1 cm³/mol. The second-order valence-corrected chi connectivity index (χ2v) is 4.46. The third kappa shape index (κ3) is 3.40. The van der Waals surface area contributed by atoms with Gasteiger partial charge in [-0.1, -0.05) is 36.4 Å². The summed E-state index contributed by atoms with van der Waals surface area (Å²) in [6.07, 6.45) is 1.62. The molecule has 2 aromatic rings. The molecule has 0 saturated carbocycles. The molecule has 2 aromatic carbocycles. The van der Waals surface area contributed by atoms with Gasteiger partial charge in [0.25, 0.3) is 0 Å². The van der Waals surface area contributed by atoms with Crippen molar-refractivity contribution in [1.29, 1.82) is 5.26 Å². The summed E-state index contributed by atoms with van der Waals surface area (Å²) in [6.45, 7) is 0. The van der Waals surface area contributed by atoms with Gasteiger partial charge in [-0.25, -0.2) is 0 Å². The van der Waals surface area contributed by atoms with Crippen LogP contribution in [0.25, 0.3) is 11.1 Å². The van der Waals surface area contributed by atoms with E-state index in [9.17, 15) is 0 Å². The Kier molecular flexibility index (Phi) is 4.43. The van der Waals surface area contributed by atoms with Crippen molar-refractivity contribution in [3.63, 3.8) is 0 Å².